The molecule has 4 rings (SSSR count). The molecular weight excluding hydrogens is 561 g/mol. The summed E-state index contributed by atoms with van der Waals surface area (Å²) in [4.78, 5) is 48.1. The number of carbonyl (C=O) groups is 3. The maximum absolute atomic E-state index is 13.0. The number of nitrogens with zero attached hydrogens (tertiary/aromatic N) is 4. The number of aromatic nitrogens is 2. The van der Waals surface area contributed by atoms with Crippen LogP contribution in [-0.4, -0.2) is 72.3 Å². The van der Waals surface area contributed by atoms with Crippen molar-refractivity contribution in [3.63, 3.8) is 0 Å². The topological polar surface area (TPSA) is 226 Å². The number of carboxylic acids is 1. The molecule has 0 spiro atoms. The Morgan fingerprint density at radius 3 is 2.86 bits per heavy atom. The molecule has 4 heterocycles. The zero-order valence-electron chi connectivity index (χ0n) is 18.8. The van der Waals surface area contributed by atoms with Crippen molar-refractivity contribution in [2.75, 3.05) is 17.2 Å². The van der Waals surface area contributed by atoms with Crippen LogP contribution in [0.2, 0.25) is 0 Å². The van der Waals surface area contributed by atoms with E-state index in [9.17, 15) is 24.7 Å². The van der Waals surface area contributed by atoms with Crippen LogP contribution in [0.5, 0.6) is 0 Å². The number of β-lactam (4-membered cyclic amide) rings is 1. The standard InChI is InChI=1S/C20H20N8O5S4/c21-12(22)7-34-4-8-3-24-2-1-10(8)37-11-6-35-18-14(17(30)28(18)15(11)19(31)32)26-16(29)13(27-33)9-5-36-20(23)25-9/h1-3,5,14,18,33H,4,6-7H2,(H3,21,22)(H2,23,25)(H,26,29)(H,31,32)/b27-13-/t14-,18-/m1/s1. The average Bonchev–Trinajstić information content (AvgIpc) is 3.29. The van der Waals surface area contributed by atoms with Crippen LogP contribution in [0.15, 0.2) is 44.5 Å². The highest BCUT2D eigenvalue weighted by molar-refractivity contribution is 8.06. The molecule has 0 unspecified atom stereocenters. The third kappa shape index (κ3) is 5.68. The van der Waals surface area contributed by atoms with Gasteiger partial charge in [0.1, 0.15) is 17.1 Å². The second-order valence-corrected chi connectivity index (χ2v) is 11.7. The number of thioether (sulfide) groups is 3. The Morgan fingerprint density at radius 1 is 1.43 bits per heavy atom. The molecule has 0 aliphatic carbocycles. The Balaban J connectivity index is 1.51. The van der Waals surface area contributed by atoms with Crippen LogP contribution >= 0.6 is 46.6 Å². The molecule has 2 amide bonds. The fourth-order valence-corrected chi connectivity index (χ4v) is 7.50. The Bertz CT molecular complexity index is 1330. The van der Waals surface area contributed by atoms with Gasteiger partial charge in [0, 0.05) is 39.1 Å². The summed E-state index contributed by atoms with van der Waals surface area (Å²) in [6, 6.07) is 0.728. The first-order chi connectivity index (χ1) is 17.7. The van der Waals surface area contributed by atoms with Crippen molar-refractivity contribution in [1.29, 1.82) is 0 Å². The van der Waals surface area contributed by atoms with E-state index >= 15 is 0 Å². The lowest BCUT2D eigenvalue weighted by Gasteiger charge is -2.50. The van der Waals surface area contributed by atoms with Gasteiger partial charge in [-0.25, -0.2) is 4.98 Å². The fraction of sp³-hybridized carbons (Fsp3) is 0.250. The highest BCUT2D eigenvalue weighted by atomic mass is 32.2. The number of anilines is 1. The molecule has 194 valence electrons. The highest BCUT2D eigenvalue weighted by Crippen LogP contribution is 2.45. The predicted octanol–water partition coefficient (Wildman–Crippen LogP) is -2.20. The number of carboxylic acid groups (broad SMARTS) is 1. The number of aliphatic carboxylic acids is 1. The summed E-state index contributed by atoms with van der Waals surface area (Å²) < 4.78 is 0. The molecule has 1 fully saturated rings. The monoisotopic (exact) mass is 580 g/mol. The van der Waals surface area contributed by atoms with Gasteiger partial charge in [0.05, 0.1) is 17.4 Å². The molecule has 0 aromatic carbocycles. The lowest BCUT2D eigenvalue weighted by molar-refractivity contribution is -0.301. The molecule has 17 heteroatoms. The zero-order chi connectivity index (χ0) is 26.7. The summed E-state index contributed by atoms with van der Waals surface area (Å²) in [6.45, 7) is 0. The van der Waals surface area contributed by atoms with Crippen molar-refractivity contribution >= 4 is 81.1 Å². The van der Waals surface area contributed by atoms with E-state index in [0.29, 0.717) is 22.2 Å². The minimum absolute atomic E-state index is 0.0507. The predicted molar refractivity (Wildman–Crippen MR) is 139 cm³/mol. The number of oxime groups is 1. The summed E-state index contributed by atoms with van der Waals surface area (Å²) in [7, 11) is 0. The maximum atomic E-state index is 13.0. The van der Waals surface area contributed by atoms with Crippen molar-refractivity contribution in [1.82, 2.24) is 20.2 Å². The molecule has 0 radical (unpaired) electrons. The maximum Gasteiger partial charge on any atom is 0.276 e. The number of pyridine rings is 1. The van der Waals surface area contributed by atoms with Crippen LogP contribution in [0.4, 0.5) is 5.13 Å². The summed E-state index contributed by atoms with van der Waals surface area (Å²) in [5.74, 6) is -1.41. The van der Waals surface area contributed by atoms with Crippen molar-refractivity contribution < 1.29 is 30.1 Å². The average molecular weight is 581 g/mol. The number of nitrogens with two attached hydrogens (primary N) is 3. The smallest absolute Gasteiger partial charge is 0.276 e. The molecule has 0 saturated carbocycles. The number of rotatable bonds is 10. The lowest BCUT2D eigenvalue weighted by atomic mass is 10.0. The van der Waals surface area contributed by atoms with E-state index in [0.717, 1.165) is 26.7 Å². The van der Waals surface area contributed by atoms with E-state index in [1.807, 2.05) is 0 Å². The second-order valence-electron chi connectivity index (χ2n) is 7.59. The second kappa shape index (κ2) is 11.4. The molecule has 13 nitrogen and oxygen atoms in total. The fourth-order valence-electron chi connectivity index (χ4n) is 3.51. The van der Waals surface area contributed by atoms with E-state index in [2.05, 4.69) is 20.4 Å². The van der Waals surface area contributed by atoms with Crippen molar-refractivity contribution in [3.05, 3.63) is 45.7 Å². The lowest BCUT2D eigenvalue weighted by Crippen LogP contribution is -2.71. The van der Waals surface area contributed by atoms with E-state index in [1.54, 1.807) is 18.5 Å². The first kappa shape index (κ1) is 26.8. The number of hydrogen-bond donors (Lipinski definition) is 5. The van der Waals surface area contributed by atoms with Gasteiger partial charge < -0.3 is 26.2 Å². The summed E-state index contributed by atoms with van der Waals surface area (Å²) in [5, 5.41) is 33.3. The van der Waals surface area contributed by atoms with Gasteiger partial charge in [0.15, 0.2) is 10.8 Å². The zero-order valence-corrected chi connectivity index (χ0v) is 22.1. The molecule has 0 bridgehead atoms. The number of nitrogen functional groups attached to an aromatic ring is 1. The van der Waals surface area contributed by atoms with Crippen molar-refractivity contribution in [2.45, 2.75) is 22.1 Å². The van der Waals surface area contributed by atoms with E-state index in [4.69, 9.17) is 16.9 Å². The third-order valence-corrected chi connectivity index (χ3v) is 9.50. The van der Waals surface area contributed by atoms with Crippen molar-refractivity contribution in [2.24, 2.45) is 10.9 Å². The Kier molecular flexibility index (Phi) is 8.25. The number of fused-ring (bicyclic) bond motifs is 1. The Labute approximate surface area is 226 Å². The van der Waals surface area contributed by atoms with Crippen LogP contribution in [0.25, 0.3) is 0 Å². The minimum atomic E-state index is -1.50. The molecule has 2 aromatic heterocycles. The number of nitrogens with one attached hydrogen (secondary N) is 1. The SMILES string of the molecule is NC(=[NH2+])CSCc1cnccc1SC1=C(C(=O)[O-])N2C(=O)[C@@H](NC(=O)/C(=N\O)c3csc(N)n3)[C@H]2SC1. The number of hydrogen-bond acceptors (Lipinski definition) is 13. The summed E-state index contributed by atoms with van der Waals surface area (Å²) >= 11 is 5.04. The molecule has 2 aliphatic rings. The summed E-state index contributed by atoms with van der Waals surface area (Å²) in [6.07, 6.45) is 3.27. The number of carbonyl (C=O) groups excluding carboxylic acids is 3. The van der Waals surface area contributed by atoms with Gasteiger partial charge >= 0.3 is 0 Å². The number of amides is 2. The van der Waals surface area contributed by atoms with Crippen LogP contribution in [-0.2, 0) is 20.1 Å². The van der Waals surface area contributed by atoms with Gasteiger partial charge in [-0.15, -0.1) is 34.9 Å². The normalized spacial score (nSPS) is 19.3. The third-order valence-electron chi connectivity index (χ3n) is 5.11. The van der Waals surface area contributed by atoms with Crippen LogP contribution < -0.4 is 27.3 Å². The van der Waals surface area contributed by atoms with Gasteiger partial charge in [-0.2, -0.15) is 0 Å². The first-order valence-corrected chi connectivity index (χ1v) is 14.3. The van der Waals surface area contributed by atoms with Gasteiger partial charge in [0.2, 0.25) is 5.84 Å². The van der Waals surface area contributed by atoms with Gasteiger partial charge in [0.25, 0.3) is 11.8 Å². The van der Waals surface area contributed by atoms with Gasteiger partial charge in [-0.3, -0.25) is 30.6 Å². The number of thiazole rings is 1. The largest absolute Gasteiger partial charge is 0.543 e. The molecule has 2 aliphatic heterocycles. The molecule has 8 N–H and O–H groups in total. The Morgan fingerprint density at radius 2 is 2.22 bits per heavy atom. The molecular formula is C20H20N8O5S4. The van der Waals surface area contributed by atoms with E-state index in [-0.39, 0.29) is 22.3 Å². The van der Waals surface area contributed by atoms with Crippen LogP contribution in [0.1, 0.15) is 11.3 Å². The van der Waals surface area contributed by atoms with Gasteiger partial charge in [-0.1, -0.05) is 16.9 Å². The number of amidine groups is 1. The quantitative estimate of drug-likeness (QED) is 0.0663. The highest BCUT2D eigenvalue weighted by Gasteiger charge is 2.53. The molecule has 2 aromatic rings. The van der Waals surface area contributed by atoms with Crippen LogP contribution in [0, 0.1) is 0 Å². The molecule has 2 atom stereocenters. The van der Waals surface area contributed by atoms with E-state index in [1.165, 1.54) is 40.7 Å². The minimum Gasteiger partial charge on any atom is -0.543 e. The van der Waals surface area contributed by atoms with Crippen molar-refractivity contribution in [3.8, 4) is 0 Å². The van der Waals surface area contributed by atoms with Gasteiger partial charge in [-0.05, 0) is 11.6 Å². The summed E-state index contributed by atoms with van der Waals surface area (Å²) in [5.41, 5.74) is 11.3. The van der Waals surface area contributed by atoms with Crippen LogP contribution in [0.3, 0.4) is 0 Å². The molecule has 1 saturated heterocycles. The first-order valence-electron chi connectivity index (χ1n) is 10.4. The van der Waals surface area contributed by atoms with E-state index < -0.39 is 34.9 Å². The molecule has 37 heavy (non-hydrogen) atoms. The Hall–Kier alpha value is -3.28.